The fourth-order valence-electron chi connectivity index (χ4n) is 2.70. The van der Waals surface area contributed by atoms with Gasteiger partial charge in [-0.1, -0.05) is 13.8 Å². The van der Waals surface area contributed by atoms with Gasteiger partial charge in [0, 0.05) is 17.7 Å². The van der Waals surface area contributed by atoms with E-state index in [0.717, 1.165) is 0 Å². The van der Waals surface area contributed by atoms with Gasteiger partial charge in [-0.15, -0.1) is 0 Å². The van der Waals surface area contributed by atoms with E-state index in [4.69, 9.17) is 18.9 Å². The number of hydrogen-bond acceptors (Lipinski definition) is 6. The smallest absolute Gasteiger partial charge is 0.416 e. The number of hydrogen-bond donors (Lipinski definition) is 0. The lowest BCUT2D eigenvalue weighted by Gasteiger charge is -2.23. The summed E-state index contributed by atoms with van der Waals surface area (Å²) in [4.78, 5) is 25.8. The summed E-state index contributed by atoms with van der Waals surface area (Å²) in [5.41, 5.74) is 0.563. The Morgan fingerprint density at radius 2 is 1.79 bits per heavy atom. The van der Waals surface area contributed by atoms with Gasteiger partial charge in [-0.3, -0.25) is 4.79 Å². The number of imide groups is 1. The van der Waals surface area contributed by atoms with E-state index in [0.29, 0.717) is 22.8 Å². The van der Waals surface area contributed by atoms with E-state index in [1.54, 1.807) is 12.1 Å². The van der Waals surface area contributed by atoms with E-state index in [2.05, 4.69) is 0 Å². The first-order chi connectivity index (χ1) is 11.4. The zero-order valence-electron chi connectivity index (χ0n) is 14.6. The van der Waals surface area contributed by atoms with Crippen molar-refractivity contribution in [3.63, 3.8) is 0 Å². The van der Waals surface area contributed by atoms with Crippen LogP contribution in [0, 0.1) is 5.92 Å². The molecule has 1 atom stereocenters. The van der Waals surface area contributed by atoms with Crippen LogP contribution in [0.4, 0.5) is 4.79 Å². The summed E-state index contributed by atoms with van der Waals surface area (Å²) in [6.45, 7) is 4.11. The highest BCUT2D eigenvalue weighted by Gasteiger charge is 2.39. The molecule has 1 aliphatic rings. The highest BCUT2D eigenvalue weighted by molar-refractivity contribution is 5.95. The number of amides is 2. The minimum absolute atomic E-state index is 0.0331. The maximum absolute atomic E-state index is 12.7. The molecule has 1 aromatic rings. The van der Waals surface area contributed by atoms with Crippen LogP contribution in [-0.4, -0.2) is 50.9 Å². The average Bonchev–Trinajstić information content (AvgIpc) is 2.96. The molecule has 1 aliphatic heterocycles. The number of ether oxygens (including phenoxy) is 4. The van der Waals surface area contributed by atoms with Crippen molar-refractivity contribution in [1.29, 1.82) is 0 Å². The van der Waals surface area contributed by atoms with Crippen molar-refractivity contribution in [2.75, 3.05) is 27.9 Å². The Balaban J connectivity index is 2.32. The first-order valence-electron chi connectivity index (χ1n) is 7.70. The summed E-state index contributed by atoms with van der Waals surface area (Å²) in [5.74, 6) is 1.25. The summed E-state index contributed by atoms with van der Waals surface area (Å²) >= 11 is 0. The summed E-state index contributed by atoms with van der Waals surface area (Å²) in [5, 5.41) is 0. The van der Waals surface area contributed by atoms with Crippen LogP contribution in [0.2, 0.25) is 0 Å². The fourth-order valence-corrected chi connectivity index (χ4v) is 2.70. The van der Waals surface area contributed by atoms with Crippen LogP contribution in [-0.2, 0) is 16.0 Å². The van der Waals surface area contributed by atoms with Crippen molar-refractivity contribution in [1.82, 2.24) is 4.90 Å². The maximum atomic E-state index is 12.7. The Labute approximate surface area is 141 Å². The van der Waals surface area contributed by atoms with Crippen LogP contribution in [0.25, 0.3) is 0 Å². The van der Waals surface area contributed by atoms with E-state index in [9.17, 15) is 9.59 Å². The van der Waals surface area contributed by atoms with Gasteiger partial charge >= 0.3 is 6.09 Å². The molecule has 2 rings (SSSR count). The predicted molar refractivity (Wildman–Crippen MR) is 86.6 cm³/mol. The van der Waals surface area contributed by atoms with E-state index in [1.165, 1.54) is 26.2 Å². The maximum Gasteiger partial charge on any atom is 0.416 e. The van der Waals surface area contributed by atoms with Gasteiger partial charge in [0.1, 0.15) is 23.9 Å². The van der Waals surface area contributed by atoms with Gasteiger partial charge < -0.3 is 18.9 Å². The van der Waals surface area contributed by atoms with E-state index in [1.807, 2.05) is 13.8 Å². The lowest BCUT2D eigenvalue weighted by Crippen LogP contribution is -2.42. The summed E-state index contributed by atoms with van der Waals surface area (Å²) in [6.07, 6.45) is -0.639. The van der Waals surface area contributed by atoms with Crippen molar-refractivity contribution >= 4 is 12.0 Å². The van der Waals surface area contributed by atoms with Crippen LogP contribution in [0.3, 0.4) is 0 Å². The predicted octanol–water partition coefficient (Wildman–Crippen LogP) is 2.26. The Kier molecular flexibility index (Phi) is 5.54. The highest BCUT2D eigenvalue weighted by atomic mass is 16.6. The van der Waals surface area contributed by atoms with Gasteiger partial charge in [-0.25, -0.2) is 9.69 Å². The molecule has 0 N–H and O–H groups in total. The van der Waals surface area contributed by atoms with Gasteiger partial charge in [0.2, 0.25) is 5.91 Å². The molecule has 2 amide bonds. The standard InChI is InChI=1S/C17H23NO6/c1-10(2)13-9-24-17(20)18(13)16(19)8-12-14(22-4)6-11(21-3)7-15(12)23-5/h6-7,10,13H,8-9H2,1-5H3/t13-/m1/s1. The lowest BCUT2D eigenvalue weighted by atomic mass is 10.0. The van der Waals surface area contributed by atoms with Crippen molar-refractivity contribution in [2.45, 2.75) is 26.3 Å². The number of rotatable bonds is 6. The summed E-state index contributed by atoms with van der Waals surface area (Å²) < 4.78 is 20.9. The van der Waals surface area contributed by atoms with E-state index >= 15 is 0 Å². The second-order valence-electron chi connectivity index (χ2n) is 5.84. The first kappa shape index (κ1) is 17.9. The van der Waals surface area contributed by atoms with Crippen molar-refractivity contribution < 1.29 is 28.5 Å². The molecule has 7 heteroatoms. The van der Waals surface area contributed by atoms with Crippen molar-refractivity contribution in [3.8, 4) is 17.2 Å². The van der Waals surface area contributed by atoms with E-state index < -0.39 is 6.09 Å². The minimum atomic E-state index is -0.606. The summed E-state index contributed by atoms with van der Waals surface area (Å²) in [6, 6.07) is 3.08. The van der Waals surface area contributed by atoms with Gasteiger partial charge in [-0.2, -0.15) is 0 Å². The van der Waals surface area contributed by atoms with Crippen LogP contribution in [0.5, 0.6) is 17.2 Å². The zero-order valence-corrected chi connectivity index (χ0v) is 14.6. The molecule has 1 aromatic carbocycles. The highest BCUT2D eigenvalue weighted by Crippen LogP contribution is 2.35. The second-order valence-corrected chi connectivity index (χ2v) is 5.84. The largest absolute Gasteiger partial charge is 0.496 e. The van der Waals surface area contributed by atoms with Gasteiger partial charge in [0.25, 0.3) is 0 Å². The molecule has 1 heterocycles. The van der Waals surface area contributed by atoms with Crippen LogP contribution in [0.15, 0.2) is 12.1 Å². The monoisotopic (exact) mass is 337 g/mol. The molecular weight excluding hydrogens is 314 g/mol. The molecule has 0 saturated carbocycles. The number of methoxy groups -OCH3 is 3. The molecule has 24 heavy (non-hydrogen) atoms. The minimum Gasteiger partial charge on any atom is -0.496 e. The molecule has 1 fully saturated rings. The van der Waals surface area contributed by atoms with Crippen molar-refractivity contribution in [3.05, 3.63) is 17.7 Å². The first-order valence-corrected chi connectivity index (χ1v) is 7.70. The van der Waals surface area contributed by atoms with Crippen LogP contribution < -0.4 is 14.2 Å². The number of carbonyl (C=O) groups is 2. The molecule has 0 aromatic heterocycles. The molecule has 0 bridgehead atoms. The average molecular weight is 337 g/mol. The fraction of sp³-hybridized carbons (Fsp3) is 0.529. The third kappa shape index (κ3) is 3.39. The third-order valence-electron chi connectivity index (χ3n) is 4.09. The molecule has 7 nitrogen and oxygen atoms in total. The number of cyclic esters (lactones) is 1. The summed E-state index contributed by atoms with van der Waals surface area (Å²) in [7, 11) is 4.54. The third-order valence-corrected chi connectivity index (χ3v) is 4.09. The normalized spacial score (nSPS) is 17.0. The van der Waals surface area contributed by atoms with Gasteiger partial charge in [0.15, 0.2) is 0 Å². The molecular formula is C17H23NO6. The SMILES string of the molecule is COc1cc(OC)c(CC(=O)N2C(=O)OC[C@@H]2C(C)C)c(OC)c1. The molecule has 0 aliphatic carbocycles. The Hall–Kier alpha value is -2.44. The zero-order chi connectivity index (χ0) is 17.9. The Morgan fingerprint density at radius 1 is 1.21 bits per heavy atom. The Bertz CT molecular complexity index is 603. The van der Waals surface area contributed by atoms with Gasteiger partial charge in [0.05, 0.1) is 33.8 Å². The molecule has 0 unspecified atom stereocenters. The number of nitrogens with zero attached hydrogens (tertiary/aromatic N) is 1. The quantitative estimate of drug-likeness (QED) is 0.793. The molecule has 0 radical (unpaired) electrons. The molecule has 1 saturated heterocycles. The van der Waals surface area contributed by atoms with Crippen molar-refractivity contribution in [2.24, 2.45) is 5.92 Å². The number of benzene rings is 1. The van der Waals surface area contributed by atoms with Crippen LogP contribution in [0.1, 0.15) is 19.4 Å². The molecule has 132 valence electrons. The number of carbonyl (C=O) groups excluding carboxylic acids is 2. The topological polar surface area (TPSA) is 74.3 Å². The van der Waals surface area contributed by atoms with Gasteiger partial charge in [-0.05, 0) is 5.92 Å². The van der Waals surface area contributed by atoms with Crippen LogP contribution >= 0.6 is 0 Å². The Morgan fingerprint density at radius 3 is 2.25 bits per heavy atom. The lowest BCUT2D eigenvalue weighted by molar-refractivity contribution is -0.129. The molecule has 0 spiro atoms. The van der Waals surface area contributed by atoms with E-state index in [-0.39, 0.29) is 30.9 Å². The second kappa shape index (κ2) is 7.42.